The summed E-state index contributed by atoms with van der Waals surface area (Å²) < 4.78 is 5.93. The molecule has 0 unspecified atom stereocenters. The number of hydrogen-bond donors (Lipinski definition) is 2. The zero-order valence-corrected chi connectivity index (χ0v) is 17.0. The van der Waals surface area contributed by atoms with Crippen LogP contribution < -0.4 is 10.1 Å². The summed E-state index contributed by atoms with van der Waals surface area (Å²) in [6.45, 7) is 9.29. The first-order valence-corrected chi connectivity index (χ1v) is 9.69. The summed E-state index contributed by atoms with van der Waals surface area (Å²) in [5.74, 6) is 0.850. The summed E-state index contributed by atoms with van der Waals surface area (Å²) in [6.07, 6.45) is 2.47. The third-order valence-electron chi connectivity index (χ3n) is 4.46. The van der Waals surface area contributed by atoms with Crippen LogP contribution in [0.15, 0.2) is 18.2 Å². The molecular weight excluding hydrogens is 352 g/mol. The monoisotopic (exact) mass is 382 g/mol. The highest BCUT2D eigenvalue weighted by Crippen LogP contribution is 2.27. The van der Waals surface area contributed by atoms with Crippen molar-refractivity contribution in [2.75, 3.05) is 13.1 Å². The Morgan fingerprint density at radius 3 is 2.92 bits per heavy atom. The Balaban J connectivity index is 1.86. The van der Waals surface area contributed by atoms with Crippen molar-refractivity contribution < 1.29 is 14.6 Å². The maximum atomic E-state index is 12.4. The molecule has 2 N–H and O–H groups in total. The van der Waals surface area contributed by atoms with Gasteiger partial charge in [-0.2, -0.15) is 0 Å². The first kappa shape index (κ1) is 21.0. The van der Waals surface area contributed by atoms with Gasteiger partial charge in [-0.3, -0.25) is 9.69 Å². The van der Waals surface area contributed by atoms with Crippen LogP contribution in [0.1, 0.15) is 52.5 Å². The zero-order valence-electron chi connectivity index (χ0n) is 16.2. The fourth-order valence-electron chi connectivity index (χ4n) is 3.27. The molecule has 0 saturated carbocycles. The first-order valence-electron chi connectivity index (χ1n) is 9.31. The van der Waals surface area contributed by atoms with Crippen molar-refractivity contribution >= 4 is 17.5 Å². The predicted molar refractivity (Wildman–Crippen MR) is 105 cm³/mol. The maximum Gasteiger partial charge on any atom is 0.234 e. The summed E-state index contributed by atoms with van der Waals surface area (Å²) in [6, 6.07) is 5.71. The van der Waals surface area contributed by atoms with Crippen molar-refractivity contribution in [2.24, 2.45) is 0 Å². The summed E-state index contributed by atoms with van der Waals surface area (Å²) >= 11 is 6.10. The van der Waals surface area contributed by atoms with Crippen LogP contribution in [0.3, 0.4) is 0 Å². The highest BCUT2D eigenvalue weighted by atomic mass is 35.5. The summed E-state index contributed by atoms with van der Waals surface area (Å²) in [5, 5.41) is 13.5. The van der Waals surface area contributed by atoms with Crippen molar-refractivity contribution in [1.29, 1.82) is 0 Å². The third kappa shape index (κ3) is 7.14. The summed E-state index contributed by atoms with van der Waals surface area (Å²) in [5.41, 5.74) is 0.355. The molecule has 1 amide bonds. The van der Waals surface area contributed by atoms with Gasteiger partial charge in [0.15, 0.2) is 0 Å². The molecule has 146 valence electrons. The molecule has 1 heterocycles. The molecule has 0 aliphatic carbocycles. The Kier molecular flexibility index (Phi) is 7.33. The lowest BCUT2D eigenvalue weighted by molar-refractivity contribution is -0.123. The van der Waals surface area contributed by atoms with E-state index in [1.165, 1.54) is 0 Å². The van der Waals surface area contributed by atoms with Crippen LogP contribution >= 0.6 is 11.6 Å². The van der Waals surface area contributed by atoms with E-state index in [9.17, 15) is 9.90 Å². The van der Waals surface area contributed by atoms with Crippen molar-refractivity contribution in [3.05, 3.63) is 28.8 Å². The average Bonchev–Trinajstić information content (AvgIpc) is 2.62. The number of ether oxygens (including phenoxy) is 1. The number of carbonyl (C=O) groups is 1. The van der Waals surface area contributed by atoms with Gasteiger partial charge in [0, 0.05) is 29.7 Å². The van der Waals surface area contributed by atoms with Gasteiger partial charge in [0.05, 0.1) is 12.1 Å². The standard InChI is InChI=1S/C20H31ClN2O3/c1-14(6-5-9-20(3,4)25)22-19(24)13-23-11-15(2)26-18-8-7-17(21)10-16(18)12-23/h7-8,10,14-15,25H,5-6,9,11-13H2,1-4H3,(H,22,24)/t14-,15-/m0/s1. The van der Waals surface area contributed by atoms with E-state index in [1.54, 1.807) is 0 Å². The number of nitrogens with one attached hydrogen (secondary N) is 1. The number of aliphatic hydroxyl groups is 1. The zero-order chi connectivity index (χ0) is 19.3. The van der Waals surface area contributed by atoms with Crippen LogP contribution in [0.2, 0.25) is 5.02 Å². The normalized spacial score (nSPS) is 19.2. The van der Waals surface area contributed by atoms with Gasteiger partial charge in [0.1, 0.15) is 11.9 Å². The average molecular weight is 383 g/mol. The molecule has 1 aromatic rings. The van der Waals surface area contributed by atoms with Gasteiger partial charge in [0.2, 0.25) is 5.91 Å². The molecule has 6 heteroatoms. The van der Waals surface area contributed by atoms with Gasteiger partial charge in [0.25, 0.3) is 0 Å². The number of halogens is 1. The number of nitrogens with zero attached hydrogens (tertiary/aromatic N) is 1. The second-order valence-electron chi connectivity index (χ2n) is 8.02. The minimum absolute atomic E-state index is 0.00874. The van der Waals surface area contributed by atoms with Gasteiger partial charge >= 0.3 is 0 Å². The van der Waals surface area contributed by atoms with Gasteiger partial charge in [-0.05, 0) is 65.2 Å². The molecule has 1 aromatic carbocycles. The van der Waals surface area contributed by atoms with E-state index in [2.05, 4.69) is 10.2 Å². The van der Waals surface area contributed by atoms with Crippen molar-refractivity contribution in [1.82, 2.24) is 10.2 Å². The van der Waals surface area contributed by atoms with Gasteiger partial charge < -0.3 is 15.2 Å². The number of fused-ring (bicyclic) bond motifs is 1. The molecule has 1 aliphatic heterocycles. The Morgan fingerprint density at radius 1 is 1.50 bits per heavy atom. The van der Waals surface area contributed by atoms with E-state index in [0.717, 1.165) is 30.6 Å². The van der Waals surface area contributed by atoms with Crippen LogP contribution in [0.25, 0.3) is 0 Å². The second-order valence-corrected chi connectivity index (χ2v) is 8.46. The smallest absolute Gasteiger partial charge is 0.234 e. The largest absolute Gasteiger partial charge is 0.489 e. The van der Waals surface area contributed by atoms with Crippen LogP contribution in [-0.2, 0) is 11.3 Å². The fourth-order valence-corrected chi connectivity index (χ4v) is 3.46. The van der Waals surface area contributed by atoms with Crippen molar-refractivity contribution in [2.45, 2.75) is 71.2 Å². The minimum atomic E-state index is -0.652. The molecular formula is C20H31ClN2O3. The van der Waals surface area contributed by atoms with E-state index in [0.29, 0.717) is 24.7 Å². The minimum Gasteiger partial charge on any atom is -0.489 e. The van der Waals surface area contributed by atoms with E-state index in [-0.39, 0.29) is 18.1 Å². The number of benzene rings is 1. The predicted octanol–water partition coefficient (Wildman–Crippen LogP) is 3.37. The molecule has 0 saturated heterocycles. The number of carbonyl (C=O) groups excluding carboxylic acids is 1. The van der Waals surface area contributed by atoms with Crippen molar-refractivity contribution in [3.63, 3.8) is 0 Å². The van der Waals surface area contributed by atoms with E-state index < -0.39 is 5.60 Å². The Bertz CT molecular complexity index is 616. The van der Waals surface area contributed by atoms with E-state index >= 15 is 0 Å². The molecule has 0 bridgehead atoms. The fraction of sp³-hybridized carbons (Fsp3) is 0.650. The van der Waals surface area contributed by atoms with Gasteiger partial charge in [-0.25, -0.2) is 0 Å². The van der Waals surface area contributed by atoms with Crippen LogP contribution in [0.4, 0.5) is 0 Å². The third-order valence-corrected chi connectivity index (χ3v) is 4.70. The Morgan fingerprint density at radius 2 is 2.23 bits per heavy atom. The lowest BCUT2D eigenvalue weighted by atomic mass is 10.00. The molecule has 5 nitrogen and oxygen atoms in total. The maximum absolute atomic E-state index is 12.4. The molecule has 2 rings (SSSR count). The van der Waals surface area contributed by atoms with Gasteiger partial charge in [-0.15, -0.1) is 0 Å². The number of rotatable bonds is 7. The highest BCUT2D eigenvalue weighted by Gasteiger charge is 2.22. The van der Waals surface area contributed by atoms with Crippen LogP contribution in [0, 0.1) is 0 Å². The van der Waals surface area contributed by atoms with Crippen LogP contribution in [-0.4, -0.2) is 46.7 Å². The highest BCUT2D eigenvalue weighted by molar-refractivity contribution is 6.30. The van der Waals surface area contributed by atoms with Crippen molar-refractivity contribution in [3.8, 4) is 5.75 Å². The number of amides is 1. The molecule has 0 radical (unpaired) electrons. The van der Waals surface area contributed by atoms with E-state index in [4.69, 9.17) is 16.3 Å². The summed E-state index contributed by atoms with van der Waals surface area (Å²) in [7, 11) is 0. The Hall–Kier alpha value is -1.30. The topological polar surface area (TPSA) is 61.8 Å². The quantitative estimate of drug-likeness (QED) is 0.759. The summed E-state index contributed by atoms with van der Waals surface area (Å²) in [4.78, 5) is 14.5. The van der Waals surface area contributed by atoms with Crippen LogP contribution in [0.5, 0.6) is 5.75 Å². The number of hydrogen-bond acceptors (Lipinski definition) is 4. The molecule has 1 aliphatic rings. The van der Waals surface area contributed by atoms with Gasteiger partial charge in [-0.1, -0.05) is 11.6 Å². The lowest BCUT2D eigenvalue weighted by Gasteiger charge is -2.23. The lowest BCUT2D eigenvalue weighted by Crippen LogP contribution is -2.42. The Labute approximate surface area is 161 Å². The molecule has 26 heavy (non-hydrogen) atoms. The molecule has 0 fully saturated rings. The molecule has 0 spiro atoms. The SMILES string of the molecule is C[C@@H](CCCC(C)(C)O)NC(=O)CN1Cc2cc(Cl)ccc2O[C@@H](C)C1. The first-order chi connectivity index (χ1) is 12.1. The molecule has 0 aromatic heterocycles. The van der Waals surface area contributed by atoms with E-state index in [1.807, 2.05) is 45.9 Å². The molecule has 2 atom stereocenters. The second kappa shape index (κ2) is 9.07.